The van der Waals surface area contributed by atoms with Crippen molar-refractivity contribution in [3.05, 3.63) is 47.7 Å². The van der Waals surface area contributed by atoms with Crippen molar-refractivity contribution >= 4 is 11.0 Å². The van der Waals surface area contributed by atoms with E-state index in [-0.39, 0.29) is 0 Å². The van der Waals surface area contributed by atoms with Gasteiger partial charge in [0.15, 0.2) is 0 Å². The van der Waals surface area contributed by atoms with Gasteiger partial charge < -0.3 is 9.73 Å². The predicted octanol–water partition coefficient (Wildman–Crippen LogP) is 4.83. The first-order valence-corrected chi connectivity index (χ1v) is 7.68. The van der Waals surface area contributed by atoms with E-state index in [1.807, 2.05) is 6.07 Å². The van der Waals surface area contributed by atoms with E-state index in [1.54, 1.807) is 0 Å². The van der Waals surface area contributed by atoms with Gasteiger partial charge in [0.1, 0.15) is 11.3 Å². The average molecular weight is 271 g/mol. The number of aryl methyl sites for hydroxylation is 1. The molecule has 2 rings (SSSR count). The van der Waals surface area contributed by atoms with E-state index in [1.165, 1.54) is 23.8 Å². The van der Waals surface area contributed by atoms with Gasteiger partial charge in [0.2, 0.25) is 0 Å². The van der Waals surface area contributed by atoms with Gasteiger partial charge in [-0.25, -0.2) is 0 Å². The fraction of sp³-hybridized carbons (Fsp3) is 0.444. The minimum absolute atomic E-state index is 0.896. The molecule has 0 saturated carbocycles. The van der Waals surface area contributed by atoms with Crippen molar-refractivity contribution in [1.82, 2.24) is 5.32 Å². The van der Waals surface area contributed by atoms with Gasteiger partial charge in [-0.05, 0) is 32.4 Å². The third-order valence-electron chi connectivity index (χ3n) is 3.56. The van der Waals surface area contributed by atoms with E-state index in [0.717, 1.165) is 37.3 Å². The van der Waals surface area contributed by atoms with E-state index in [0.29, 0.717) is 0 Å². The number of unbranched alkanes of at least 4 members (excludes halogenated alkanes) is 1. The van der Waals surface area contributed by atoms with Gasteiger partial charge >= 0.3 is 0 Å². The van der Waals surface area contributed by atoms with Crippen LogP contribution in [0.5, 0.6) is 0 Å². The molecule has 2 aromatic rings. The molecule has 0 saturated heterocycles. The molecular weight excluding hydrogens is 246 g/mol. The first kappa shape index (κ1) is 14.9. The Morgan fingerprint density at radius 1 is 1.25 bits per heavy atom. The van der Waals surface area contributed by atoms with E-state index >= 15 is 0 Å². The topological polar surface area (TPSA) is 25.2 Å². The second-order valence-electron chi connectivity index (χ2n) is 5.14. The minimum atomic E-state index is 0.896. The standard InChI is InChI=1S/C18H25NO/c1-3-5-9-13-19-14-16-15-10-7-8-12-17(15)20-18(16)11-6-4-2/h3,5,7-8,10,12,19H,4,6,9,11,13-14H2,1-2H3/b5-3+. The molecule has 1 aromatic heterocycles. The molecule has 1 heterocycles. The minimum Gasteiger partial charge on any atom is -0.461 e. The number of furan rings is 1. The first-order chi connectivity index (χ1) is 9.86. The van der Waals surface area contributed by atoms with Gasteiger partial charge in [0.05, 0.1) is 0 Å². The maximum absolute atomic E-state index is 6.03. The fourth-order valence-electron chi connectivity index (χ4n) is 2.45. The number of rotatable bonds is 8. The van der Waals surface area contributed by atoms with Crippen LogP contribution in [0.3, 0.4) is 0 Å². The maximum Gasteiger partial charge on any atom is 0.134 e. The summed E-state index contributed by atoms with van der Waals surface area (Å²) in [6.45, 7) is 6.19. The van der Waals surface area contributed by atoms with Crippen molar-refractivity contribution in [2.75, 3.05) is 6.54 Å². The quantitative estimate of drug-likeness (QED) is 0.549. The molecule has 2 nitrogen and oxygen atoms in total. The van der Waals surface area contributed by atoms with Gasteiger partial charge in [-0.1, -0.05) is 43.7 Å². The van der Waals surface area contributed by atoms with Crippen LogP contribution in [-0.2, 0) is 13.0 Å². The van der Waals surface area contributed by atoms with Gasteiger partial charge in [-0.15, -0.1) is 0 Å². The lowest BCUT2D eigenvalue weighted by Gasteiger charge is -2.04. The summed E-state index contributed by atoms with van der Waals surface area (Å²) in [7, 11) is 0. The van der Waals surface area contributed by atoms with E-state index in [2.05, 4.69) is 49.5 Å². The summed E-state index contributed by atoms with van der Waals surface area (Å²) >= 11 is 0. The van der Waals surface area contributed by atoms with E-state index < -0.39 is 0 Å². The molecule has 0 bridgehead atoms. The summed E-state index contributed by atoms with van der Waals surface area (Å²) in [4.78, 5) is 0. The predicted molar refractivity (Wildman–Crippen MR) is 86.0 cm³/mol. The molecule has 1 N–H and O–H groups in total. The van der Waals surface area contributed by atoms with Crippen LogP contribution in [0.25, 0.3) is 11.0 Å². The molecular formula is C18H25NO. The van der Waals surface area contributed by atoms with Crippen LogP contribution < -0.4 is 5.32 Å². The Balaban J connectivity index is 2.10. The number of hydrogen-bond donors (Lipinski definition) is 1. The van der Waals surface area contributed by atoms with Crippen LogP contribution in [0.4, 0.5) is 0 Å². The molecule has 0 atom stereocenters. The van der Waals surface area contributed by atoms with Crippen LogP contribution in [0.2, 0.25) is 0 Å². The number of benzene rings is 1. The summed E-state index contributed by atoms with van der Waals surface area (Å²) in [5, 5.41) is 4.78. The Morgan fingerprint density at radius 3 is 2.90 bits per heavy atom. The summed E-state index contributed by atoms with van der Waals surface area (Å²) in [5.41, 5.74) is 2.36. The van der Waals surface area contributed by atoms with E-state index in [9.17, 15) is 0 Å². The zero-order chi connectivity index (χ0) is 14.2. The lowest BCUT2D eigenvalue weighted by molar-refractivity contribution is 0.525. The van der Waals surface area contributed by atoms with E-state index in [4.69, 9.17) is 4.42 Å². The highest BCUT2D eigenvalue weighted by Gasteiger charge is 2.12. The molecule has 0 fully saturated rings. The Labute approximate surface area is 121 Å². The lowest BCUT2D eigenvalue weighted by atomic mass is 10.1. The third kappa shape index (κ3) is 3.73. The SMILES string of the molecule is C/C=C/CCNCc1c(CCCC)oc2ccccc12. The highest BCUT2D eigenvalue weighted by atomic mass is 16.3. The van der Waals surface area contributed by atoms with Gasteiger partial charge in [0, 0.05) is 23.9 Å². The molecule has 20 heavy (non-hydrogen) atoms. The molecule has 2 heteroatoms. The summed E-state index contributed by atoms with van der Waals surface area (Å²) in [5.74, 6) is 1.16. The Morgan fingerprint density at radius 2 is 2.10 bits per heavy atom. The highest BCUT2D eigenvalue weighted by molar-refractivity contribution is 5.82. The zero-order valence-corrected chi connectivity index (χ0v) is 12.6. The van der Waals surface area contributed by atoms with Crippen LogP contribution >= 0.6 is 0 Å². The van der Waals surface area contributed by atoms with Crippen molar-refractivity contribution in [1.29, 1.82) is 0 Å². The highest BCUT2D eigenvalue weighted by Crippen LogP contribution is 2.27. The van der Waals surface area contributed by atoms with Crippen LogP contribution in [0.15, 0.2) is 40.8 Å². The maximum atomic E-state index is 6.03. The van der Waals surface area contributed by atoms with Crippen LogP contribution in [-0.4, -0.2) is 6.54 Å². The Bertz CT molecular complexity index is 554. The molecule has 108 valence electrons. The summed E-state index contributed by atoms with van der Waals surface area (Å²) in [6.07, 6.45) is 8.80. The first-order valence-electron chi connectivity index (χ1n) is 7.68. The monoisotopic (exact) mass is 271 g/mol. The third-order valence-corrected chi connectivity index (χ3v) is 3.56. The largest absolute Gasteiger partial charge is 0.461 e. The fourth-order valence-corrected chi connectivity index (χ4v) is 2.45. The molecule has 0 aliphatic rings. The smallest absolute Gasteiger partial charge is 0.134 e. The summed E-state index contributed by atoms with van der Waals surface area (Å²) < 4.78 is 6.03. The Kier molecular flexibility index (Phi) is 5.87. The number of allylic oxidation sites excluding steroid dienone is 1. The second-order valence-corrected chi connectivity index (χ2v) is 5.14. The van der Waals surface area contributed by atoms with Crippen molar-refractivity contribution in [3.63, 3.8) is 0 Å². The molecule has 0 aliphatic heterocycles. The molecule has 0 amide bonds. The van der Waals surface area contributed by atoms with Crippen molar-refractivity contribution in [2.45, 2.75) is 46.1 Å². The van der Waals surface area contributed by atoms with Crippen LogP contribution in [0.1, 0.15) is 44.4 Å². The van der Waals surface area contributed by atoms with Gasteiger partial charge in [-0.3, -0.25) is 0 Å². The number of para-hydroxylation sites is 1. The normalized spacial score (nSPS) is 11.7. The Hall–Kier alpha value is -1.54. The van der Waals surface area contributed by atoms with Crippen molar-refractivity contribution < 1.29 is 4.42 Å². The molecule has 0 spiro atoms. The van der Waals surface area contributed by atoms with Gasteiger partial charge in [-0.2, -0.15) is 0 Å². The number of fused-ring (bicyclic) bond motifs is 1. The van der Waals surface area contributed by atoms with Crippen molar-refractivity contribution in [3.8, 4) is 0 Å². The average Bonchev–Trinajstić information content (AvgIpc) is 2.83. The molecule has 0 unspecified atom stereocenters. The molecule has 1 aromatic carbocycles. The lowest BCUT2D eigenvalue weighted by Crippen LogP contribution is -2.14. The number of nitrogens with one attached hydrogen (secondary N) is 1. The molecule has 0 aliphatic carbocycles. The van der Waals surface area contributed by atoms with Crippen molar-refractivity contribution in [2.24, 2.45) is 0 Å². The zero-order valence-electron chi connectivity index (χ0n) is 12.6. The van der Waals surface area contributed by atoms with Crippen LogP contribution in [0, 0.1) is 0 Å². The summed E-state index contributed by atoms with van der Waals surface area (Å²) in [6, 6.07) is 8.36. The molecule has 0 radical (unpaired) electrons. The number of hydrogen-bond acceptors (Lipinski definition) is 2. The van der Waals surface area contributed by atoms with Gasteiger partial charge in [0.25, 0.3) is 0 Å². The second kappa shape index (κ2) is 7.91.